The van der Waals surface area contributed by atoms with Gasteiger partial charge < -0.3 is 56.9 Å². The molecule has 0 fully saturated rings. The average molecular weight is 886 g/mol. The van der Waals surface area contributed by atoms with Crippen LogP contribution in [0.3, 0.4) is 0 Å². The molecule has 5 atom stereocenters. The fourth-order valence-electron chi connectivity index (χ4n) is 6.79. The number of imidazole rings is 1. The second kappa shape index (κ2) is 22.9. The summed E-state index contributed by atoms with van der Waals surface area (Å²) in [6.45, 7) is 1.03. The number of fused-ring (bicyclic) bond motifs is 1. The Morgan fingerprint density at radius 2 is 1.20 bits per heavy atom. The highest BCUT2D eigenvalue weighted by Gasteiger charge is 2.33. The van der Waals surface area contributed by atoms with Crippen LogP contribution in [-0.2, 0) is 65.9 Å². The molecule has 6 rings (SSSR count). The molecule has 338 valence electrons. The van der Waals surface area contributed by atoms with Gasteiger partial charge in [0.1, 0.15) is 42.6 Å². The number of carbonyl (C=O) groups excluding carboxylic acids is 6. The smallest absolute Gasteiger partial charge is 0.408 e. The number of hydrogen-bond donors (Lipinski definition) is 9. The first-order chi connectivity index (χ1) is 31.4. The summed E-state index contributed by atoms with van der Waals surface area (Å²) in [6, 6.07) is 25.0. The van der Waals surface area contributed by atoms with E-state index >= 15 is 0 Å². The van der Waals surface area contributed by atoms with Crippen molar-refractivity contribution >= 4 is 46.5 Å². The molecule has 6 amide bonds. The molecule has 6 aromatic rings. The summed E-state index contributed by atoms with van der Waals surface area (Å²) < 4.78 is 11.4. The second-order valence-electron chi connectivity index (χ2n) is 15.3. The summed E-state index contributed by atoms with van der Waals surface area (Å²) in [5.41, 5.74) is 9.47. The van der Waals surface area contributed by atoms with Gasteiger partial charge in [-0.2, -0.15) is 0 Å². The summed E-state index contributed by atoms with van der Waals surface area (Å²) in [7, 11) is 0. The molecule has 0 saturated carbocycles. The Hall–Kier alpha value is -7.99. The SMILES string of the molecule is C[C@H](NC(=O)[C@@H](Cc1c[nH]c2ccccc12)NC(=O)[C@@H](COCc1ccccc1)NC(=O)[C@@H](Cc1ccc(O)cc1)NC(=O)[C@@H](Cc1cnc[nH]1)NC(=O)OCc1ccccc1)C(N)=O. The summed E-state index contributed by atoms with van der Waals surface area (Å²) in [5, 5.41) is 24.1. The van der Waals surface area contributed by atoms with Crippen molar-refractivity contribution in [2.75, 3.05) is 6.61 Å². The van der Waals surface area contributed by atoms with Crippen LogP contribution >= 0.6 is 0 Å². The van der Waals surface area contributed by atoms with Crippen LogP contribution in [0, 0.1) is 0 Å². The number of nitrogens with one attached hydrogen (secondary N) is 7. The number of phenolic OH excluding ortho intramolecular Hbond substituents is 1. The topological polar surface area (TPSA) is 272 Å². The maximum Gasteiger partial charge on any atom is 0.408 e. The number of aromatic nitrogens is 3. The van der Waals surface area contributed by atoms with Crippen LogP contribution < -0.4 is 32.3 Å². The Morgan fingerprint density at radius 3 is 1.85 bits per heavy atom. The highest BCUT2D eigenvalue weighted by atomic mass is 16.5. The quantitative estimate of drug-likeness (QED) is 0.0481. The number of carbonyl (C=O) groups is 6. The molecule has 18 heteroatoms. The lowest BCUT2D eigenvalue weighted by Gasteiger charge is -2.27. The standard InChI is InChI=1S/C47H51N9O9/c1-29(42(48)58)52-43(59)39(21-33-23-50-37-15-9-8-14-36(33)37)54-46(62)41(27-64-25-31-10-4-2-5-11-31)55-44(60)38(20-30-16-18-35(57)19-17-30)53-45(61)40(22-34-24-49-28-51-34)56-47(63)65-26-32-12-6-3-7-13-32/h2-19,23-24,28-29,38-41,50,57H,20-22,25-27H2,1H3,(H2,48,58)(H,49,51)(H,52,59)(H,53,61)(H,54,62)(H,55,60)(H,56,63)/t29-,38+,39+,40+,41+/m0/s1. The van der Waals surface area contributed by atoms with Crippen LogP contribution in [0.4, 0.5) is 4.79 Å². The third-order valence-corrected chi connectivity index (χ3v) is 10.4. The number of H-pyrrole nitrogens is 2. The van der Waals surface area contributed by atoms with Crippen LogP contribution in [0.25, 0.3) is 10.9 Å². The molecule has 0 bridgehead atoms. The monoisotopic (exact) mass is 885 g/mol. The van der Waals surface area contributed by atoms with Gasteiger partial charge in [0, 0.05) is 48.3 Å². The Balaban J connectivity index is 1.25. The first-order valence-corrected chi connectivity index (χ1v) is 20.8. The van der Waals surface area contributed by atoms with Crippen molar-refractivity contribution in [3.8, 4) is 5.75 Å². The van der Waals surface area contributed by atoms with Gasteiger partial charge in [-0.25, -0.2) is 9.78 Å². The van der Waals surface area contributed by atoms with E-state index in [9.17, 15) is 33.9 Å². The van der Waals surface area contributed by atoms with Crippen molar-refractivity contribution in [3.63, 3.8) is 0 Å². The largest absolute Gasteiger partial charge is 0.508 e. The number of phenols is 1. The Kier molecular flexibility index (Phi) is 16.4. The van der Waals surface area contributed by atoms with Gasteiger partial charge in [-0.1, -0.05) is 91.0 Å². The van der Waals surface area contributed by atoms with E-state index in [1.807, 2.05) is 60.7 Å². The zero-order valence-electron chi connectivity index (χ0n) is 35.5. The Labute approximate surface area is 374 Å². The number of benzene rings is 4. The number of hydrogen-bond acceptors (Lipinski definition) is 10. The summed E-state index contributed by atoms with van der Waals surface area (Å²) >= 11 is 0. The number of rotatable bonds is 22. The number of alkyl carbamates (subject to hydrolysis) is 1. The van der Waals surface area contributed by atoms with Crippen molar-refractivity contribution in [1.82, 2.24) is 41.5 Å². The van der Waals surface area contributed by atoms with Crippen LogP contribution in [0.2, 0.25) is 0 Å². The number of ether oxygens (including phenoxy) is 2. The first kappa shape index (κ1) is 46.5. The molecule has 0 radical (unpaired) electrons. The molecule has 0 spiro atoms. The first-order valence-electron chi connectivity index (χ1n) is 20.8. The van der Waals surface area contributed by atoms with Crippen LogP contribution in [0.1, 0.15) is 34.9 Å². The van der Waals surface area contributed by atoms with E-state index in [-0.39, 0.29) is 44.8 Å². The van der Waals surface area contributed by atoms with E-state index in [0.29, 0.717) is 16.8 Å². The summed E-state index contributed by atoms with van der Waals surface area (Å²) in [4.78, 5) is 91.9. The third-order valence-electron chi connectivity index (χ3n) is 10.4. The molecule has 2 heterocycles. The number of amides is 6. The molecular weight excluding hydrogens is 835 g/mol. The number of para-hydroxylation sites is 1. The maximum atomic E-state index is 14.5. The van der Waals surface area contributed by atoms with Crippen molar-refractivity contribution in [1.29, 1.82) is 0 Å². The van der Waals surface area contributed by atoms with Crippen molar-refractivity contribution in [2.24, 2.45) is 5.73 Å². The highest BCUT2D eigenvalue weighted by Crippen LogP contribution is 2.20. The lowest BCUT2D eigenvalue weighted by molar-refractivity contribution is -0.135. The minimum Gasteiger partial charge on any atom is -0.508 e. The van der Waals surface area contributed by atoms with Gasteiger partial charge >= 0.3 is 6.09 Å². The number of nitrogens with zero attached hydrogens (tertiary/aromatic N) is 1. The molecular formula is C47H51N9O9. The lowest BCUT2D eigenvalue weighted by atomic mass is 10.0. The highest BCUT2D eigenvalue weighted by molar-refractivity contribution is 5.97. The number of primary amides is 1. The summed E-state index contributed by atoms with van der Waals surface area (Å²) in [5.74, 6) is -3.92. The predicted octanol–water partition coefficient (Wildman–Crippen LogP) is 2.58. The fraction of sp³-hybridized carbons (Fsp3) is 0.255. The van der Waals surface area contributed by atoms with Gasteiger partial charge in [-0.3, -0.25) is 24.0 Å². The van der Waals surface area contributed by atoms with E-state index in [1.54, 1.807) is 42.6 Å². The van der Waals surface area contributed by atoms with Crippen LogP contribution in [0.15, 0.2) is 128 Å². The zero-order chi connectivity index (χ0) is 46.1. The maximum absolute atomic E-state index is 14.5. The minimum atomic E-state index is -1.44. The van der Waals surface area contributed by atoms with E-state index in [4.69, 9.17) is 15.2 Å². The third kappa shape index (κ3) is 14.0. The molecule has 65 heavy (non-hydrogen) atoms. The van der Waals surface area contributed by atoms with Gasteiger partial charge in [-0.05, 0) is 47.4 Å². The molecule has 0 saturated heterocycles. The summed E-state index contributed by atoms with van der Waals surface area (Å²) in [6.07, 6.45) is 3.52. The zero-order valence-corrected chi connectivity index (χ0v) is 35.5. The van der Waals surface area contributed by atoms with Gasteiger partial charge in [0.15, 0.2) is 0 Å². The number of aromatic amines is 2. The van der Waals surface area contributed by atoms with Crippen molar-refractivity contribution < 1.29 is 43.3 Å². The molecule has 2 aromatic heterocycles. The van der Waals surface area contributed by atoms with Crippen LogP contribution in [-0.4, -0.2) is 92.5 Å². The second-order valence-corrected chi connectivity index (χ2v) is 15.3. The van der Waals surface area contributed by atoms with E-state index < -0.39 is 65.8 Å². The van der Waals surface area contributed by atoms with Crippen LogP contribution in [0.5, 0.6) is 5.75 Å². The molecule has 0 unspecified atom stereocenters. The molecule has 0 aliphatic rings. The normalized spacial score (nSPS) is 13.3. The molecule has 18 nitrogen and oxygen atoms in total. The number of nitrogens with two attached hydrogens (primary N) is 1. The van der Waals surface area contributed by atoms with Crippen molar-refractivity contribution in [3.05, 3.63) is 156 Å². The molecule has 4 aromatic carbocycles. The van der Waals surface area contributed by atoms with Gasteiger partial charge in [0.25, 0.3) is 0 Å². The van der Waals surface area contributed by atoms with E-state index in [2.05, 4.69) is 41.5 Å². The minimum absolute atomic E-state index is 0.0172. The van der Waals surface area contributed by atoms with Gasteiger partial charge in [0.2, 0.25) is 29.5 Å². The van der Waals surface area contributed by atoms with Gasteiger partial charge in [-0.15, -0.1) is 0 Å². The number of aromatic hydroxyl groups is 1. The van der Waals surface area contributed by atoms with E-state index in [1.165, 1.54) is 31.6 Å². The fourth-order valence-corrected chi connectivity index (χ4v) is 6.79. The average Bonchev–Trinajstić information content (AvgIpc) is 3.98. The Bertz CT molecular complexity index is 2520. The molecule has 0 aliphatic carbocycles. The predicted molar refractivity (Wildman–Crippen MR) is 238 cm³/mol. The van der Waals surface area contributed by atoms with E-state index in [0.717, 1.165) is 22.0 Å². The molecule has 0 aliphatic heterocycles. The van der Waals surface area contributed by atoms with Gasteiger partial charge in [0.05, 0.1) is 19.5 Å². The Morgan fingerprint density at radius 1 is 0.631 bits per heavy atom. The van der Waals surface area contributed by atoms with Crippen molar-refractivity contribution in [2.45, 2.75) is 69.6 Å². The lowest BCUT2D eigenvalue weighted by Crippen LogP contribution is -2.60. The molecule has 10 N–H and O–H groups in total.